The molecule has 2 aliphatic heterocycles. The standard InChI is InChI=1S/C21H27N3O4S2/c1-28-18-7-4-5-15-8-11-24(14-17(15)18)30(26,27)19-9-12-29-20(19)21(25)23-13-16-6-2-3-10-22-16/h4-5,7,9,12,16,22H,2-3,6,8,10-11,13-14H2,1H3,(H,23,25)/t16-/m1/s1. The number of ether oxygens (including phenoxy) is 1. The maximum Gasteiger partial charge on any atom is 0.262 e. The number of carbonyl (C=O) groups is 1. The Morgan fingerprint density at radius 1 is 1.33 bits per heavy atom. The van der Waals surface area contributed by atoms with E-state index in [1.54, 1.807) is 12.5 Å². The molecule has 0 aliphatic carbocycles. The van der Waals surface area contributed by atoms with Crippen LogP contribution in [0, 0.1) is 0 Å². The van der Waals surface area contributed by atoms with E-state index >= 15 is 0 Å². The number of hydrogen-bond donors (Lipinski definition) is 2. The van der Waals surface area contributed by atoms with Crippen LogP contribution in [0.1, 0.15) is 40.1 Å². The van der Waals surface area contributed by atoms with E-state index in [-0.39, 0.29) is 28.3 Å². The summed E-state index contributed by atoms with van der Waals surface area (Å²) in [5, 5.41) is 7.96. The number of rotatable bonds is 6. The number of amides is 1. The quantitative estimate of drug-likeness (QED) is 0.707. The van der Waals surface area contributed by atoms with Gasteiger partial charge in [0.2, 0.25) is 10.0 Å². The molecule has 0 saturated carbocycles. The first-order valence-corrected chi connectivity index (χ1v) is 12.6. The highest BCUT2D eigenvalue weighted by Gasteiger charge is 2.33. The van der Waals surface area contributed by atoms with E-state index in [1.807, 2.05) is 18.2 Å². The molecule has 1 aromatic carbocycles. The van der Waals surface area contributed by atoms with Crippen molar-refractivity contribution in [2.45, 2.75) is 43.2 Å². The van der Waals surface area contributed by atoms with Gasteiger partial charge >= 0.3 is 0 Å². The zero-order valence-corrected chi connectivity index (χ0v) is 18.7. The van der Waals surface area contributed by atoms with Crippen molar-refractivity contribution in [2.24, 2.45) is 0 Å². The molecule has 162 valence electrons. The molecule has 0 spiro atoms. The van der Waals surface area contributed by atoms with Gasteiger partial charge in [-0.15, -0.1) is 11.3 Å². The molecular weight excluding hydrogens is 422 g/mol. The van der Waals surface area contributed by atoms with E-state index in [4.69, 9.17) is 4.74 Å². The Balaban J connectivity index is 1.51. The van der Waals surface area contributed by atoms with Gasteiger partial charge in [-0.05, 0) is 48.9 Å². The monoisotopic (exact) mass is 449 g/mol. The second-order valence-electron chi connectivity index (χ2n) is 7.66. The van der Waals surface area contributed by atoms with Crippen molar-refractivity contribution in [3.63, 3.8) is 0 Å². The van der Waals surface area contributed by atoms with E-state index in [2.05, 4.69) is 10.6 Å². The predicted octanol–water partition coefficient (Wildman–Crippen LogP) is 2.38. The number of methoxy groups -OCH3 is 1. The molecule has 2 aliphatic rings. The fourth-order valence-corrected chi connectivity index (χ4v) is 6.85. The molecule has 3 heterocycles. The van der Waals surface area contributed by atoms with Gasteiger partial charge in [-0.1, -0.05) is 18.6 Å². The lowest BCUT2D eigenvalue weighted by Crippen LogP contribution is -2.43. The lowest BCUT2D eigenvalue weighted by Gasteiger charge is -2.29. The van der Waals surface area contributed by atoms with Crippen LogP contribution in [0.3, 0.4) is 0 Å². The SMILES string of the molecule is COc1cccc2c1CN(S(=O)(=O)c1ccsc1C(=O)NC[C@H]1CCCCN1)CC2. The third kappa shape index (κ3) is 4.25. The molecular formula is C21H27N3O4S2. The van der Waals surface area contributed by atoms with E-state index in [0.717, 1.165) is 36.9 Å². The largest absolute Gasteiger partial charge is 0.496 e. The summed E-state index contributed by atoms with van der Waals surface area (Å²) in [6.07, 6.45) is 3.93. The number of fused-ring (bicyclic) bond motifs is 1. The van der Waals surface area contributed by atoms with E-state index in [0.29, 0.717) is 25.3 Å². The highest BCUT2D eigenvalue weighted by atomic mass is 32.2. The number of benzene rings is 1. The Hall–Kier alpha value is -1.94. The van der Waals surface area contributed by atoms with Crippen LogP contribution in [0.4, 0.5) is 0 Å². The number of nitrogens with one attached hydrogen (secondary N) is 2. The summed E-state index contributed by atoms with van der Waals surface area (Å²) >= 11 is 1.17. The highest BCUT2D eigenvalue weighted by molar-refractivity contribution is 7.89. The maximum atomic E-state index is 13.4. The summed E-state index contributed by atoms with van der Waals surface area (Å²) < 4.78 is 33.6. The average Bonchev–Trinajstić information content (AvgIpc) is 3.28. The molecule has 0 bridgehead atoms. The highest BCUT2D eigenvalue weighted by Crippen LogP contribution is 2.33. The second kappa shape index (κ2) is 9.05. The Labute approximate surface area is 181 Å². The number of hydrogen-bond acceptors (Lipinski definition) is 6. The van der Waals surface area contributed by atoms with E-state index < -0.39 is 10.0 Å². The first-order chi connectivity index (χ1) is 14.5. The zero-order valence-electron chi connectivity index (χ0n) is 17.0. The van der Waals surface area contributed by atoms with Gasteiger partial charge in [0.25, 0.3) is 5.91 Å². The summed E-state index contributed by atoms with van der Waals surface area (Å²) in [4.78, 5) is 13.1. The zero-order chi connectivity index (χ0) is 21.1. The van der Waals surface area contributed by atoms with Crippen molar-refractivity contribution in [1.29, 1.82) is 0 Å². The summed E-state index contributed by atoms with van der Waals surface area (Å²) in [5.41, 5.74) is 1.99. The lowest BCUT2D eigenvalue weighted by molar-refractivity contribution is 0.0948. The first kappa shape index (κ1) is 21.3. The average molecular weight is 450 g/mol. The van der Waals surface area contributed by atoms with Crippen LogP contribution in [-0.2, 0) is 23.0 Å². The van der Waals surface area contributed by atoms with Crippen molar-refractivity contribution in [3.8, 4) is 5.75 Å². The predicted molar refractivity (Wildman–Crippen MR) is 117 cm³/mol. The van der Waals surface area contributed by atoms with Crippen LogP contribution in [0.25, 0.3) is 0 Å². The number of carbonyl (C=O) groups excluding carboxylic acids is 1. The molecule has 4 rings (SSSR count). The summed E-state index contributed by atoms with van der Waals surface area (Å²) in [6, 6.07) is 7.55. The van der Waals surface area contributed by atoms with Gasteiger partial charge in [0, 0.05) is 31.2 Å². The Morgan fingerprint density at radius 3 is 2.97 bits per heavy atom. The van der Waals surface area contributed by atoms with Crippen molar-refractivity contribution in [1.82, 2.24) is 14.9 Å². The van der Waals surface area contributed by atoms with Gasteiger partial charge in [0.15, 0.2) is 0 Å². The van der Waals surface area contributed by atoms with Crippen LogP contribution in [0.15, 0.2) is 34.5 Å². The Morgan fingerprint density at radius 2 is 2.20 bits per heavy atom. The summed E-state index contributed by atoms with van der Waals surface area (Å²) in [5.74, 6) is 0.363. The molecule has 1 fully saturated rings. The molecule has 0 radical (unpaired) electrons. The number of nitrogens with zero attached hydrogens (tertiary/aromatic N) is 1. The summed E-state index contributed by atoms with van der Waals surface area (Å²) in [6.45, 7) is 2.08. The van der Waals surface area contributed by atoms with Gasteiger partial charge in [0.1, 0.15) is 15.5 Å². The molecule has 7 nitrogen and oxygen atoms in total. The Kier molecular flexibility index (Phi) is 6.43. The summed E-state index contributed by atoms with van der Waals surface area (Å²) in [7, 11) is -2.20. The van der Waals surface area contributed by atoms with Gasteiger partial charge in [-0.2, -0.15) is 4.31 Å². The van der Waals surface area contributed by atoms with Crippen LogP contribution in [0.5, 0.6) is 5.75 Å². The maximum absolute atomic E-state index is 13.4. The molecule has 1 amide bonds. The number of thiophene rings is 1. The van der Waals surface area contributed by atoms with Crippen LogP contribution >= 0.6 is 11.3 Å². The van der Waals surface area contributed by atoms with Crippen LogP contribution in [0.2, 0.25) is 0 Å². The Bertz CT molecular complexity index is 999. The van der Waals surface area contributed by atoms with Gasteiger partial charge in [-0.3, -0.25) is 4.79 Å². The topological polar surface area (TPSA) is 87.7 Å². The fourth-order valence-electron chi connectivity index (χ4n) is 4.12. The third-order valence-corrected chi connectivity index (χ3v) is 8.72. The molecule has 30 heavy (non-hydrogen) atoms. The number of sulfonamides is 1. The van der Waals surface area contributed by atoms with Gasteiger partial charge in [-0.25, -0.2) is 8.42 Å². The first-order valence-electron chi connectivity index (χ1n) is 10.2. The third-order valence-electron chi connectivity index (χ3n) is 5.79. The molecule has 0 unspecified atom stereocenters. The van der Waals surface area contributed by atoms with Crippen molar-refractivity contribution in [2.75, 3.05) is 26.7 Å². The van der Waals surface area contributed by atoms with E-state index in [9.17, 15) is 13.2 Å². The van der Waals surface area contributed by atoms with Crippen molar-refractivity contribution in [3.05, 3.63) is 45.6 Å². The van der Waals surface area contributed by atoms with Crippen LogP contribution in [-0.4, -0.2) is 51.4 Å². The van der Waals surface area contributed by atoms with Crippen LogP contribution < -0.4 is 15.4 Å². The second-order valence-corrected chi connectivity index (χ2v) is 10.5. The number of piperidine rings is 1. The van der Waals surface area contributed by atoms with Crippen molar-refractivity contribution >= 4 is 27.3 Å². The molecule has 1 saturated heterocycles. The molecule has 2 aromatic rings. The molecule has 9 heteroatoms. The fraction of sp³-hybridized carbons (Fsp3) is 0.476. The van der Waals surface area contributed by atoms with Gasteiger partial charge < -0.3 is 15.4 Å². The molecule has 2 N–H and O–H groups in total. The minimum Gasteiger partial charge on any atom is -0.496 e. The minimum atomic E-state index is -3.79. The van der Waals surface area contributed by atoms with E-state index in [1.165, 1.54) is 21.7 Å². The lowest BCUT2D eigenvalue weighted by atomic mass is 10.0. The molecule has 1 atom stereocenters. The van der Waals surface area contributed by atoms with Crippen molar-refractivity contribution < 1.29 is 17.9 Å². The smallest absolute Gasteiger partial charge is 0.262 e. The van der Waals surface area contributed by atoms with Gasteiger partial charge in [0.05, 0.1) is 7.11 Å². The molecule has 1 aromatic heterocycles. The minimum absolute atomic E-state index is 0.0833. The normalized spacial score (nSPS) is 19.8.